The first-order valence-corrected chi connectivity index (χ1v) is 7.80. The molecule has 1 N–H and O–H groups in total. The Kier molecular flexibility index (Phi) is 13.5. The minimum absolute atomic E-state index is 0. The topological polar surface area (TPSA) is 46.1 Å². The zero-order valence-electron chi connectivity index (χ0n) is 13.8. The van der Waals surface area contributed by atoms with Gasteiger partial charge in [-0.15, -0.1) is 24.0 Å². The molecule has 0 aromatic heterocycles. The molecular formula is C15H32IN3O2. The SMILES string of the molecule is CN=C(NCCCCOCCOC)N1CCCC(C)C1.I. The lowest BCUT2D eigenvalue weighted by Crippen LogP contribution is -2.46. The minimum atomic E-state index is 0. The van der Waals surface area contributed by atoms with E-state index in [9.17, 15) is 0 Å². The third kappa shape index (κ3) is 9.52. The molecule has 0 amide bonds. The first kappa shape index (κ1) is 20.9. The Bertz CT molecular complexity index is 278. The number of methoxy groups -OCH3 is 1. The Balaban J connectivity index is 0.00000400. The molecule has 1 saturated heterocycles. The van der Waals surface area contributed by atoms with E-state index in [1.165, 1.54) is 12.8 Å². The molecule has 0 spiro atoms. The summed E-state index contributed by atoms with van der Waals surface area (Å²) in [5.74, 6) is 1.83. The summed E-state index contributed by atoms with van der Waals surface area (Å²) in [6, 6.07) is 0. The van der Waals surface area contributed by atoms with E-state index in [2.05, 4.69) is 22.1 Å². The van der Waals surface area contributed by atoms with E-state index in [1.54, 1.807) is 7.11 Å². The predicted molar refractivity (Wildman–Crippen MR) is 98.7 cm³/mol. The second-order valence-corrected chi connectivity index (χ2v) is 5.48. The van der Waals surface area contributed by atoms with Gasteiger partial charge in [0.25, 0.3) is 0 Å². The molecule has 0 saturated carbocycles. The Morgan fingerprint density at radius 3 is 2.76 bits per heavy atom. The van der Waals surface area contributed by atoms with Crippen LogP contribution in [0.5, 0.6) is 0 Å². The first-order valence-electron chi connectivity index (χ1n) is 7.80. The van der Waals surface area contributed by atoms with Crippen molar-refractivity contribution in [1.29, 1.82) is 0 Å². The van der Waals surface area contributed by atoms with Gasteiger partial charge < -0.3 is 19.7 Å². The number of ether oxygens (including phenoxy) is 2. The van der Waals surface area contributed by atoms with Crippen LogP contribution < -0.4 is 5.32 Å². The summed E-state index contributed by atoms with van der Waals surface area (Å²) in [7, 11) is 3.57. The molecule has 1 rings (SSSR count). The highest BCUT2D eigenvalue weighted by Crippen LogP contribution is 2.15. The van der Waals surface area contributed by atoms with E-state index in [4.69, 9.17) is 9.47 Å². The van der Waals surface area contributed by atoms with Crippen LogP contribution in [0.3, 0.4) is 0 Å². The Labute approximate surface area is 146 Å². The van der Waals surface area contributed by atoms with E-state index in [0.717, 1.165) is 51.0 Å². The van der Waals surface area contributed by atoms with Gasteiger partial charge in [0.1, 0.15) is 0 Å². The van der Waals surface area contributed by atoms with Crippen LogP contribution in [0.2, 0.25) is 0 Å². The van der Waals surface area contributed by atoms with Crippen LogP contribution in [0.15, 0.2) is 4.99 Å². The molecular weight excluding hydrogens is 381 g/mol. The number of piperidine rings is 1. The monoisotopic (exact) mass is 413 g/mol. The van der Waals surface area contributed by atoms with Crippen molar-refractivity contribution in [1.82, 2.24) is 10.2 Å². The summed E-state index contributed by atoms with van der Waals surface area (Å²) in [5, 5.41) is 3.46. The normalized spacial score (nSPS) is 19.3. The van der Waals surface area contributed by atoms with Crippen LogP contribution in [0.25, 0.3) is 0 Å². The second kappa shape index (κ2) is 13.6. The number of aliphatic imine (C=N–C) groups is 1. The molecule has 126 valence electrons. The lowest BCUT2D eigenvalue weighted by molar-refractivity contribution is 0.0689. The van der Waals surface area contributed by atoms with Gasteiger partial charge in [0.2, 0.25) is 0 Å². The number of hydrogen-bond donors (Lipinski definition) is 1. The number of rotatable bonds is 8. The molecule has 1 fully saturated rings. The highest BCUT2D eigenvalue weighted by molar-refractivity contribution is 14.0. The van der Waals surface area contributed by atoms with E-state index in [0.29, 0.717) is 13.2 Å². The first-order chi connectivity index (χ1) is 9.77. The van der Waals surface area contributed by atoms with E-state index >= 15 is 0 Å². The number of unbranched alkanes of at least 4 members (excludes halogenated alkanes) is 1. The summed E-state index contributed by atoms with van der Waals surface area (Å²) in [6.45, 7) is 7.71. The van der Waals surface area contributed by atoms with Crippen LogP contribution in [-0.4, -0.2) is 64.5 Å². The van der Waals surface area contributed by atoms with Crippen molar-refractivity contribution in [2.75, 3.05) is 53.6 Å². The maximum absolute atomic E-state index is 5.44. The van der Waals surface area contributed by atoms with E-state index in [-0.39, 0.29) is 24.0 Å². The molecule has 0 aromatic rings. The number of hydrogen-bond acceptors (Lipinski definition) is 3. The van der Waals surface area contributed by atoms with Gasteiger partial charge in [-0.05, 0) is 31.6 Å². The summed E-state index contributed by atoms with van der Waals surface area (Å²) in [6.07, 6.45) is 4.79. The van der Waals surface area contributed by atoms with Gasteiger partial charge in [-0.25, -0.2) is 0 Å². The zero-order valence-corrected chi connectivity index (χ0v) is 16.1. The molecule has 0 radical (unpaired) electrons. The van der Waals surface area contributed by atoms with Crippen LogP contribution >= 0.6 is 24.0 Å². The van der Waals surface area contributed by atoms with Crippen LogP contribution in [0, 0.1) is 5.92 Å². The third-order valence-corrected chi connectivity index (χ3v) is 3.60. The van der Waals surface area contributed by atoms with Crippen molar-refractivity contribution in [3.8, 4) is 0 Å². The number of likely N-dealkylation sites (tertiary alicyclic amines) is 1. The molecule has 6 heteroatoms. The van der Waals surface area contributed by atoms with Gasteiger partial charge in [0.05, 0.1) is 13.2 Å². The number of nitrogens with zero attached hydrogens (tertiary/aromatic N) is 2. The van der Waals surface area contributed by atoms with Crippen molar-refractivity contribution >= 4 is 29.9 Å². The van der Waals surface area contributed by atoms with Gasteiger partial charge in [-0.3, -0.25) is 4.99 Å². The average molecular weight is 413 g/mol. The van der Waals surface area contributed by atoms with Crippen molar-refractivity contribution in [2.45, 2.75) is 32.6 Å². The fourth-order valence-corrected chi connectivity index (χ4v) is 2.49. The number of nitrogens with one attached hydrogen (secondary N) is 1. The molecule has 1 unspecified atom stereocenters. The summed E-state index contributed by atoms with van der Waals surface area (Å²) >= 11 is 0. The third-order valence-electron chi connectivity index (χ3n) is 3.60. The highest BCUT2D eigenvalue weighted by Gasteiger charge is 2.18. The van der Waals surface area contributed by atoms with Crippen LogP contribution in [0.4, 0.5) is 0 Å². The van der Waals surface area contributed by atoms with E-state index < -0.39 is 0 Å². The standard InChI is InChI=1S/C15H31N3O2.HI/c1-14-7-6-9-18(13-14)15(16-2)17-8-4-5-10-20-12-11-19-3;/h14H,4-13H2,1-3H3,(H,16,17);1H. The molecule has 5 nitrogen and oxygen atoms in total. The van der Waals surface area contributed by atoms with Gasteiger partial charge in [0.15, 0.2) is 5.96 Å². The van der Waals surface area contributed by atoms with Gasteiger partial charge in [0, 0.05) is 40.4 Å². The summed E-state index contributed by atoms with van der Waals surface area (Å²) < 4.78 is 10.4. The maximum Gasteiger partial charge on any atom is 0.193 e. The number of guanidine groups is 1. The number of halogens is 1. The molecule has 0 bridgehead atoms. The smallest absolute Gasteiger partial charge is 0.193 e. The summed E-state index contributed by atoms with van der Waals surface area (Å²) in [4.78, 5) is 6.77. The fraction of sp³-hybridized carbons (Fsp3) is 0.933. The van der Waals surface area contributed by atoms with Crippen molar-refractivity contribution in [2.24, 2.45) is 10.9 Å². The van der Waals surface area contributed by atoms with Crippen molar-refractivity contribution in [3.05, 3.63) is 0 Å². The molecule has 1 heterocycles. The predicted octanol–water partition coefficient (Wildman–Crippen LogP) is 2.35. The van der Waals surface area contributed by atoms with Crippen molar-refractivity contribution in [3.63, 3.8) is 0 Å². The Morgan fingerprint density at radius 2 is 2.10 bits per heavy atom. The highest BCUT2D eigenvalue weighted by atomic mass is 127. The molecule has 0 aliphatic carbocycles. The van der Waals surface area contributed by atoms with Gasteiger partial charge in [-0.1, -0.05) is 6.92 Å². The van der Waals surface area contributed by atoms with Gasteiger partial charge in [-0.2, -0.15) is 0 Å². The van der Waals surface area contributed by atoms with Crippen molar-refractivity contribution < 1.29 is 9.47 Å². The second-order valence-electron chi connectivity index (χ2n) is 5.48. The average Bonchev–Trinajstić information content (AvgIpc) is 2.46. The molecule has 1 atom stereocenters. The quantitative estimate of drug-likeness (QED) is 0.287. The minimum Gasteiger partial charge on any atom is -0.382 e. The van der Waals surface area contributed by atoms with E-state index in [1.807, 2.05) is 7.05 Å². The maximum atomic E-state index is 5.44. The molecule has 21 heavy (non-hydrogen) atoms. The van der Waals surface area contributed by atoms with Crippen LogP contribution in [-0.2, 0) is 9.47 Å². The van der Waals surface area contributed by atoms with Crippen LogP contribution in [0.1, 0.15) is 32.6 Å². The molecule has 1 aliphatic heterocycles. The Hall–Kier alpha value is -0.0800. The largest absolute Gasteiger partial charge is 0.382 e. The Morgan fingerprint density at radius 1 is 1.29 bits per heavy atom. The zero-order chi connectivity index (χ0) is 14.6. The molecule has 0 aromatic carbocycles. The lowest BCUT2D eigenvalue weighted by atomic mass is 10.0. The molecule has 1 aliphatic rings. The summed E-state index contributed by atoms with van der Waals surface area (Å²) in [5.41, 5.74) is 0. The fourth-order valence-electron chi connectivity index (χ4n) is 2.49. The van der Waals surface area contributed by atoms with Gasteiger partial charge >= 0.3 is 0 Å². The lowest BCUT2D eigenvalue weighted by Gasteiger charge is -2.33.